The van der Waals surface area contributed by atoms with Gasteiger partial charge in [0.05, 0.1) is 0 Å². The van der Waals surface area contributed by atoms with Gasteiger partial charge in [0, 0.05) is 17.0 Å². The van der Waals surface area contributed by atoms with E-state index in [0.717, 1.165) is 5.92 Å². The average molecular weight is 253 g/mol. The molecule has 1 nitrogen and oxygen atoms in total. The standard InChI is InChI=1S/C15H27NS/c1-5-12(4)11-13(6-2)16-14(7-3)15-9-8-10-17-15/h8-10,12-14,16H,5-7,11H2,1-4H3. The molecular formula is C15H27NS. The lowest BCUT2D eigenvalue weighted by atomic mass is 9.96. The lowest BCUT2D eigenvalue weighted by molar-refractivity contribution is 0.348. The van der Waals surface area contributed by atoms with E-state index in [1.807, 2.05) is 11.3 Å². The minimum atomic E-state index is 0.545. The van der Waals surface area contributed by atoms with Gasteiger partial charge in [0.15, 0.2) is 0 Å². The van der Waals surface area contributed by atoms with Gasteiger partial charge in [0.1, 0.15) is 0 Å². The van der Waals surface area contributed by atoms with E-state index in [4.69, 9.17) is 0 Å². The maximum absolute atomic E-state index is 3.83. The Morgan fingerprint density at radius 2 is 1.94 bits per heavy atom. The summed E-state index contributed by atoms with van der Waals surface area (Å²) in [6.45, 7) is 9.21. The molecule has 0 spiro atoms. The molecule has 98 valence electrons. The summed E-state index contributed by atoms with van der Waals surface area (Å²) >= 11 is 1.87. The molecule has 0 aromatic carbocycles. The first-order valence-corrected chi connectivity index (χ1v) is 7.88. The number of hydrogen-bond donors (Lipinski definition) is 1. The van der Waals surface area contributed by atoms with Crippen molar-refractivity contribution >= 4 is 11.3 Å². The minimum absolute atomic E-state index is 0.545. The van der Waals surface area contributed by atoms with E-state index in [9.17, 15) is 0 Å². The average Bonchev–Trinajstić information content (AvgIpc) is 2.87. The van der Waals surface area contributed by atoms with Crippen LogP contribution in [0.25, 0.3) is 0 Å². The highest BCUT2D eigenvalue weighted by Gasteiger charge is 2.16. The highest BCUT2D eigenvalue weighted by atomic mass is 32.1. The van der Waals surface area contributed by atoms with Crippen LogP contribution in [0.1, 0.15) is 64.3 Å². The Morgan fingerprint density at radius 3 is 2.41 bits per heavy atom. The van der Waals surface area contributed by atoms with Gasteiger partial charge in [-0.1, -0.05) is 40.2 Å². The van der Waals surface area contributed by atoms with Crippen molar-refractivity contribution in [3.63, 3.8) is 0 Å². The number of nitrogens with one attached hydrogen (secondary N) is 1. The molecule has 0 bridgehead atoms. The molecule has 1 rings (SSSR count). The highest BCUT2D eigenvalue weighted by molar-refractivity contribution is 7.10. The fourth-order valence-corrected chi connectivity index (χ4v) is 3.05. The smallest absolute Gasteiger partial charge is 0.0414 e. The lowest BCUT2D eigenvalue weighted by Gasteiger charge is -2.25. The fourth-order valence-electron chi connectivity index (χ4n) is 2.18. The molecular weight excluding hydrogens is 226 g/mol. The van der Waals surface area contributed by atoms with E-state index in [1.54, 1.807) is 0 Å². The zero-order chi connectivity index (χ0) is 12.7. The Morgan fingerprint density at radius 1 is 1.18 bits per heavy atom. The molecule has 3 unspecified atom stereocenters. The second-order valence-corrected chi connectivity index (χ2v) is 5.98. The van der Waals surface area contributed by atoms with Gasteiger partial charge in [-0.05, 0) is 36.6 Å². The van der Waals surface area contributed by atoms with Crippen molar-refractivity contribution in [1.82, 2.24) is 5.32 Å². The van der Waals surface area contributed by atoms with E-state index in [0.29, 0.717) is 12.1 Å². The van der Waals surface area contributed by atoms with Crippen molar-refractivity contribution < 1.29 is 0 Å². The van der Waals surface area contributed by atoms with Crippen LogP contribution >= 0.6 is 11.3 Å². The van der Waals surface area contributed by atoms with Gasteiger partial charge in [0.2, 0.25) is 0 Å². The van der Waals surface area contributed by atoms with Crippen LogP contribution in [0.4, 0.5) is 0 Å². The Kier molecular flexibility index (Phi) is 6.83. The predicted molar refractivity (Wildman–Crippen MR) is 78.6 cm³/mol. The summed E-state index contributed by atoms with van der Waals surface area (Å²) in [5.74, 6) is 0.827. The van der Waals surface area contributed by atoms with Crippen molar-refractivity contribution in [1.29, 1.82) is 0 Å². The second-order valence-electron chi connectivity index (χ2n) is 5.00. The first kappa shape index (κ1) is 14.7. The topological polar surface area (TPSA) is 12.0 Å². The Labute approximate surface area is 111 Å². The van der Waals surface area contributed by atoms with E-state index in [1.165, 1.54) is 30.6 Å². The zero-order valence-corrected chi connectivity index (χ0v) is 12.5. The van der Waals surface area contributed by atoms with Gasteiger partial charge in [-0.3, -0.25) is 0 Å². The van der Waals surface area contributed by atoms with Crippen molar-refractivity contribution in [2.75, 3.05) is 0 Å². The van der Waals surface area contributed by atoms with Gasteiger partial charge < -0.3 is 5.32 Å². The van der Waals surface area contributed by atoms with Crippen LogP contribution in [0, 0.1) is 5.92 Å². The van der Waals surface area contributed by atoms with Crippen LogP contribution in [-0.4, -0.2) is 6.04 Å². The summed E-state index contributed by atoms with van der Waals surface area (Å²) in [6, 6.07) is 5.61. The second kappa shape index (κ2) is 7.88. The molecule has 1 aromatic rings. The number of thiophene rings is 1. The number of hydrogen-bond acceptors (Lipinski definition) is 2. The van der Waals surface area contributed by atoms with Gasteiger partial charge >= 0.3 is 0 Å². The molecule has 3 atom stereocenters. The number of rotatable bonds is 8. The molecule has 0 amide bonds. The molecule has 0 fully saturated rings. The summed E-state index contributed by atoms with van der Waals surface area (Å²) in [5, 5.41) is 6.01. The van der Waals surface area contributed by atoms with Crippen molar-refractivity contribution in [2.45, 2.75) is 65.5 Å². The van der Waals surface area contributed by atoms with Crippen molar-refractivity contribution in [3.05, 3.63) is 22.4 Å². The maximum Gasteiger partial charge on any atom is 0.0414 e. The molecule has 0 saturated heterocycles. The maximum atomic E-state index is 3.83. The molecule has 0 radical (unpaired) electrons. The molecule has 1 heterocycles. The highest BCUT2D eigenvalue weighted by Crippen LogP contribution is 2.24. The first-order chi connectivity index (χ1) is 8.21. The monoisotopic (exact) mass is 253 g/mol. The lowest BCUT2D eigenvalue weighted by Crippen LogP contribution is -2.33. The summed E-state index contributed by atoms with van der Waals surface area (Å²) < 4.78 is 0. The largest absolute Gasteiger partial charge is 0.306 e. The molecule has 1 N–H and O–H groups in total. The third kappa shape index (κ3) is 4.81. The molecule has 17 heavy (non-hydrogen) atoms. The quantitative estimate of drug-likeness (QED) is 0.687. The third-order valence-electron chi connectivity index (χ3n) is 3.61. The van der Waals surface area contributed by atoms with Crippen LogP contribution in [0.2, 0.25) is 0 Å². The van der Waals surface area contributed by atoms with Gasteiger partial charge in [-0.25, -0.2) is 0 Å². The normalized spacial score (nSPS) is 16.7. The van der Waals surface area contributed by atoms with Crippen LogP contribution in [-0.2, 0) is 0 Å². The molecule has 0 saturated carbocycles. The summed E-state index contributed by atoms with van der Waals surface area (Å²) in [6.07, 6.45) is 4.99. The van der Waals surface area contributed by atoms with Crippen LogP contribution in [0.5, 0.6) is 0 Å². The van der Waals surface area contributed by atoms with Gasteiger partial charge in [-0.2, -0.15) is 0 Å². The fraction of sp³-hybridized carbons (Fsp3) is 0.733. The summed E-state index contributed by atoms with van der Waals surface area (Å²) in [7, 11) is 0. The van der Waals surface area contributed by atoms with E-state index in [-0.39, 0.29) is 0 Å². The van der Waals surface area contributed by atoms with Crippen molar-refractivity contribution in [2.24, 2.45) is 5.92 Å². The first-order valence-electron chi connectivity index (χ1n) is 7.00. The van der Waals surface area contributed by atoms with Crippen LogP contribution in [0.15, 0.2) is 17.5 Å². The van der Waals surface area contributed by atoms with Gasteiger partial charge in [0.25, 0.3) is 0 Å². The SMILES string of the molecule is CCC(C)CC(CC)NC(CC)c1cccs1. The molecule has 0 aliphatic rings. The van der Waals surface area contributed by atoms with Gasteiger partial charge in [-0.15, -0.1) is 11.3 Å². The third-order valence-corrected chi connectivity index (χ3v) is 4.59. The minimum Gasteiger partial charge on any atom is -0.306 e. The Balaban J connectivity index is 2.53. The predicted octanol–water partition coefficient (Wildman–Crippen LogP) is 5.00. The molecule has 1 aromatic heterocycles. The molecule has 0 aliphatic carbocycles. The van der Waals surface area contributed by atoms with Crippen molar-refractivity contribution in [3.8, 4) is 0 Å². The Bertz CT molecular complexity index is 281. The zero-order valence-electron chi connectivity index (χ0n) is 11.7. The summed E-state index contributed by atoms with van der Waals surface area (Å²) in [4.78, 5) is 1.48. The van der Waals surface area contributed by atoms with E-state index < -0.39 is 0 Å². The van der Waals surface area contributed by atoms with E-state index in [2.05, 4.69) is 50.5 Å². The van der Waals surface area contributed by atoms with E-state index >= 15 is 0 Å². The Hall–Kier alpha value is -0.340. The van der Waals surface area contributed by atoms with Crippen LogP contribution < -0.4 is 5.32 Å². The van der Waals surface area contributed by atoms with Crippen LogP contribution in [0.3, 0.4) is 0 Å². The molecule has 2 heteroatoms. The molecule has 0 aliphatic heterocycles. The summed E-state index contributed by atoms with van der Waals surface area (Å²) in [5.41, 5.74) is 0.